The number of anilines is 1. The van der Waals surface area contributed by atoms with Gasteiger partial charge in [-0.2, -0.15) is 13.2 Å². The molecule has 1 aliphatic rings. The predicted molar refractivity (Wildman–Crippen MR) is 125 cm³/mol. The minimum Gasteiger partial charge on any atom is -0.495 e. The smallest absolute Gasteiger partial charge is 0.495 e. The van der Waals surface area contributed by atoms with Gasteiger partial charge < -0.3 is 23.7 Å². The maximum atomic E-state index is 13.4. The third-order valence-electron chi connectivity index (χ3n) is 5.64. The number of amides is 1. The summed E-state index contributed by atoms with van der Waals surface area (Å²) in [5.74, 6) is -1.38. The van der Waals surface area contributed by atoms with Crippen LogP contribution in [0.25, 0.3) is 16.9 Å². The summed E-state index contributed by atoms with van der Waals surface area (Å²) in [6.45, 7) is -0.440. The average molecular weight is 550 g/mol. The fraction of sp³-hybridized carbons (Fsp3) is 0.250. The van der Waals surface area contributed by atoms with Gasteiger partial charge in [-0.15, -0.1) is 13.9 Å². The second-order valence-corrected chi connectivity index (χ2v) is 8.50. The highest BCUT2D eigenvalue weighted by molar-refractivity contribution is 5.93. The topological polar surface area (TPSA) is 96.5 Å². The number of aryl methyl sites for hydroxylation is 1. The lowest BCUT2D eigenvalue weighted by Gasteiger charge is -2.24. The first-order valence-electron chi connectivity index (χ1n) is 11.3. The fourth-order valence-electron chi connectivity index (χ4n) is 3.94. The average Bonchev–Trinajstić information content (AvgIpc) is 3.58. The normalized spacial score (nSPS) is 13.9. The van der Waals surface area contributed by atoms with Gasteiger partial charge in [-0.05, 0) is 31.2 Å². The Morgan fingerprint density at radius 2 is 1.87 bits per heavy atom. The van der Waals surface area contributed by atoms with Crippen LogP contribution in [0.2, 0.25) is 0 Å². The monoisotopic (exact) mass is 550 g/mol. The van der Waals surface area contributed by atoms with Gasteiger partial charge in [0.1, 0.15) is 24.5 Å². The summed E-state index contributed by atoms with van der Waals surface area (Å²) in [5, 5.41) is 7.88. The van der Waals surface area contributed by atoms with Crippen molar-refractivity contribution in [2.75, 3.05) is 18.6 Å². The molecule has 0 aliphatic carbocycles. The van der Waals surface area contributed by atoms with Gasteiger partial charge in [-0.3, -0.25) is 4.79 Å². The Bertz CT molecular complexity index is 1530. The van der Waals surface area contributed by atoms with Crippen LogP contribution in [0.5, 0.6) is 17.2 Å². The molecule has 0 spiro atoms. The number of methoxy groups -OCH3 is 1. The third kappa shape index (κ3) is 5.61. The maximum Gasteiger partial charge on any atom is 0.586 e. The van der Waals surface area contributed by atoms with E-state index in [2.05, 4.69) is 24.8 Å². The molecule has 1 amide bonds. The standard InChI is InChI=1S/C24H19F5N6O4/c1-14-9-33(13-30-14)18-5-3-15(7-20(18)37-2)17-10-34(32-31-17)11-22(36)35(12-23(25,26)27)16-4-6-19-21(8-16)39-24(28,29)38-19/h3-10,13H,11-12H2,1-2H3. The van der Waals surface area contributed by atoms with Gasteiger partial charge in [0.15, 0.2) is 11.5 Å². The number of rotatable bonds is 7. The van der Waals surface area contributed by atoms with Gasteiger partial charge in [0, 0.05) is 23.5 Å². The van der Waals surface area contributed by atoms with E-state index in [0.717, 1.165) is 28.6 Å². The van der Waals surface area contributed by atoms with Crippen molar-refractivity contribution in [1.29, 1.82) is 0 Å². The summed E-state index contributed by atoms with van der Waals surface area (Å²) in [6.07, 6.45) is -3.91. The van der Waals surface area contributed by atoms with Crippen molar-refractivity contribution in [1.82, 2.24) is 24.5 Å². The molecule has 4 aromatic rings. The number of fused-ring (bicyclic) bond motifs is 1. The molecule has 0 fully saturated rings. The number of hydrogen-bond acceptors (Lipinski definition) is 7. The summed E-state index contributed by atoms with van der Waals surface area (Å²) in [7, 11) is 1.49. The van der Waals surface area contributed by atoms with Crippen molar-refractivity contribution in [3.63, 3.8) is 0 Å². The molecule has 0 saturated carbocycles. The number of imidazole rings is 1. The zero-order valence-electron chi connectivity index (χ0n) is 20.3. The first-order chi connectivity index (χ1) is 18.4. The number of hydrogen-bond donors (Lipinski definition) is 0. The molecular formula is C24H19F5N6O4. The number of carbonyl (C=O) groups excluding carboxylic acids is 1. The zero-order chi connectivity index (χ0) is 27.9. The molecule has 204 valence electrons. The Balaban J connectivity index is 1.37. The number of aromatic nitrogens is 5. The molecule has 3 heterocycles. The van der Waals surface area contributed by atoms with Gasteiger partial charge in [0.05, 0.1) is 31.0 Å². The Morgan fingerprint density at radius 1 is 1.10 bits per heavy atom. The Labute approximate surface area is 217 Å². The van der Waals surface area contributed by atoms with E-state index >= 15 is 0 Å². The molecule has 10 nitrogen and oxygen atoms in total. The van der Waals surface area contributed by atoms with Crippen molar-refractivity contribution in [3.8, 4) is 34.2 Å². The predicted octanol–water partition coefficient (Wildman–Crippen LogP) is 4.36. The van der Waals surface area contributed by atoms with Crippen molar-refractivity contribution in [2.24, 2.45) is 0 Å². The van der Waals surface area contributed by atoms with E-state index < -0.39 is 37.2 Å². The van der Waals surface area contributed by atoms with E-state index in [1.807, 2.05) is 13.1 Å². The minimum atomic E-state index is -4.78. The van der Waals surface area contributed by atoms with Crippen LogP contribution in [0, 0.1) is 6.92 Å². The lowest BCUT2D eigenvalue weighted by Crippen LogP contribution is -2.41. The largest absolute Gasteiger partial charge is 0.586 e. The summed E-state index contributed by atoms with van der Waals surface area (Å²) < 4.78 is 83.6. The summed E-state index contributed by atoms with van der Waals surface area (Å²) in [4.78, 5) is 17.5. The van der Waals surface area contributed by atoms with Gasteiger partial charge >= 0.3 is 12.5 Å². The van der Waals surface area contributed by atoms with Gasteiger partial charge in [0.25, 0.3) is 0 Å². The van der Waals surface area contributed by atoms with Crippen LogP contribution in [0.15, 0.2) is 55.1 Å². The zero-order valence-corrected chi connectivity index (χ0v) is 20.3. The lowest BCUT2D eigenvalue weighted by atomic mass is 10.1. The van der Waals surface area contributed by atoms with Crippen molar-refractivity contribution < 1.29 is 41.0 Å². The van der Waals surface area contributed by atoms with Crippen molar-refractivity contribution in [2.45, 2.75) is 25.9 Å². The molecule has 39 heavy (non-hydrogen) atoms. The SMILES string of the molecule is COc1cc(-c2cn(CC(=O)N(CC(F)(F)F)c3ccc4c(c3)OC(F)(F)O4)nn2)ccc1-n1cnc(C)c1. The molecule has 1 aliphatic heterocycles. The number of nitrogens with zero attached hydrogens (tertiary/aromatic N) is 6. The van der Waals surface area contributed by atoms with Crippen LogP contribution in [-0.4, -0.2) is 56.6 Å². The molecule has 0 N–H and O–H groups in total. The van der Waals surface area contributed by atoms with Crippen molar-refractivity contribution in [3.05, 3.63) is 60.8 Å². The number of halogens is 5. The van der Waals surface area contributed by atoms with Gasteiger partial charge in [-0.25, -0.2) is 9.67 Å². The van der Waals surface area contributed by atoms with Crippen LogP contribution in [0.3, 0.4) is 0 Å². The molecule has 0 bridgehead atoms. The first kappa shape index (κ1) is 25.9. The van der Waals surface area contributed by atoms with E-state index in [-0.39, 0.29) is 11.4 Å². The lowest BCUT2D eigenvalue weighted by molar-refractivity contribution is -0.286. The fourth-order valence-corrected chi connectivity index (χ4v) is 3.94. The number of carbonyl (C=O) groups is 1. The van der Waals surface area contributed by atoms with Crippen LogP contribution >= 0.6 is 0 Å². The molecule has 2 aromatic carbocycles. The van der Waals surface area contributed by atoms with E-state index in [9.17, 15) is 26.7 Å². The summed E-state index contributed by atoms with van der Waals surface area (Å²) in [6, 6.07) is 8.13. The van der Waals surface area contributed by atoms with E-state index in [0.29, 0.717) is 27.6 Å². The molecule has 0 radical (unpaired) electrons. The highest BCUT2D eigenvalue weighted by Gasteiger charge is 2.44. The van der Waals surface area contributed by atoms with Crippen LogP contribution in [-0.2, 0) is 11.3 Å². The molecule has 0 saturated heterocycles. The molecule has 0 atom stereocenters. The minimum absolute atomic E-state index is 0.312. The molecule has 15 heteroatoms. The molecule has 0 unspecified atom stereocenters. The highest BCUT2D eigenvalue weighted by Crippen LogP contribution is 2.43. The van der Waals surface area contributed by atoms with E-state index in [1.165, 1.54) is 13.3 Å². The Morgan fingerprint density at radius 3 is 2.56 bits per heavy atom. The number of alkyl halides is 5. The Hall–Kier alpha value is -4.69. The van der Waals surface area contributed by atoms with Crippen LogP contribution < -0.4 is 19.1 Å². The number of ether oxygens (including phenoxy) is 3. The second-order valence-electron chi connectivity index (χ2n) is 8.50. The van der Waals surface area contributed by atoms with E-state index in [4.69, 9.17) is 4.74 Å². The highest BCUT2D eigenvalue weighted by atomic mass is 19.4. The first-order valence-corrected chi connectivity index (χ1v) is 11.3. The summed E-state index contributed by atoms with van der Waals surface area (Å²) in [5.41, 5.74) is 2.13. The van der Waals surface area contributed by atoms with Gasteiger partial charge in [0.2, 0.25) is 5.91 Å². The quantitative estimate of drug-likeness (QED) is 0.316. The van der Waals surface area contributed by atoms with Crippen molar-refractivity contribution >= 4 is 11.6 Å². The molecular weight excluding hydrogens is 531 g/mol. The maximum absolute atomic E-state index is 13.4. The van der Waals surface area contributed by atoms with Crippen LogP contribution in [0.4, 0.5) is 27.6 Å². The third-order valence-corrected chi connectivity index (χ3v) is 5.64. The second kappa shape index (κ2) is 9.56. The number of benzene rings is 2. The van der Waals surface area contributed by atoms with Crippen LogP contribution in [0.1, 0.15) is 5.69 Å². The summed E-state index contributed by atoms with van der Waals surface area (Å²) >= 11 is 0. The van der Waals surface area contributed by atoms with E-state index in [1.54, 1.807) is 29.1 Å². The molecule has 2 aromatic heterocycles. The van der Waals surface area contributed by atoms with Gasteiger partial charge in [-0.1, -0.05) is 11.3 Å². The molecule has 5 rings (SSSR count). The Kier molecular flexibility index (Phi) is 6.36.